The van der Waals surface area contributed by atoms with Gasteiger partial charge in [0, 0.05) is 29.3 Å². The highest BCUT2D eigenvalue weighted by Gasteiger charge is 2.18. The van der Waals surface area contributed by atoms with E-state index in [0.717, 1.165) is 12.2 Å². The molecule has 122 valence electrons. The molecule has 0 radical (unpaired) electrons. The summed E-state index contributed by atoms with van der Waals surface area (Å²) in [5.74, 6) is 0. The molecule has 2 N–H and O–H groups in total. The molecule has 0 saturated heterocycles. The molecule has 1 heterocycles. The summed E-state index contributed by atoms with van der Waals surface area (Å²) in [6, 6.07) is 17.4. The Morgan fingerprint density at radius 2 is 1.70 bits per heavy atom. The van der Waals surface area contributed by atoms with Crippen molar-refractivity contribution in [2.24, 2.45) is 0 Å². The number of anilines is 1. The van der Waals surface area contributed by atoms with Crippen LogP contribution in [0.4, 0.5) is 5.69 Å². The van der Waals surface area contributed by atoms with Gasteiger partial charge in [-0.3, -0.25) is 0 Å². The first-order valence-corrected chi connectivity index (χ1v) is 10.5. The number of hydrogen-bond acceptors (Lipinski definition) is 1. The summed E-state index contributed by atoms with van der Waals surface area (Å²) in [5.41, 5.74) is 9.25. The van der Waals surface area contributed by atoms with Gasteiger partial charge in [0.05, 0.1) is 0 Å². The summed E-state index contributed by atoms with van der Waals surface area (Å²) in [7, 11) is -0.716. The van der Waals surface area contributed by atoms with Crippen molar-refractivity contribution >= 4 is 26.6 Å². The minimum atomic E-state index is -0.716. The predicted octanol–water partition coefficient (Wildman–Crippen LogP) is 5.10. The smallest absolute Gasteiger partial charge is 0.0484 e. The fraction of sp³-hybridized carbons (Fsp3) is 0.300. The van der Waals surface area contributed by atoms with Crippen LogP contribution in [0.15, 0.2) is 59.6 Å². The average Bonchev–Trinajstić information content (AvgIpc) is 2.89. The van der Waals surface area contributed by atoms with Gasteiger partial charge in [-0.2, -0.15) is 0 Å². The van der Waals surface area contributed by atoms with E-state index < -0.39 is 10.0 Å². The summed E-state index contributed by atoms with van der Waals surface area (Å²) in [5, 5.41) is 1.90. The van der Waals surface area contributed by atoms with E-state index in [1.807, 2.05) is 12.1 Å². The third kappa shape index (κ3) is 3.11. The van der Waals surface area contributed by atoms with E-state index in [1.165, 1.54) is 21.4 Å². The molecule has 1 aromatic heterocycles. The molecular formula is C20H26N2S. The van der Waals surface area contributed by atoms with Gasteiger partial charge in [0.2, 0.25) is 0 Å². The molecule has 0 saturated carbocycles. The molecule has 2 nitrogen and oxygen atoms in total. The standard InChI is InChI=1S/C20H26N2S/c1-15(2)23(3,4)19-8-5-16(6-9-19)14-22-12-11-17-13-18(21)7-10-20(17)22/h5-13,15H,14,21H2,1-4H3. The first kappa shape index (κ1) is 16.0. The first-order valence-electron chi connectivity index (χ1n) is 8.03. The van der Waals surface area contributed by atoms with Crippen molar-refractivity contribution < 1.29 is 0 Å². The SMILES string of the molecule is CC(C)S(C)(C)c1ccc(Cn2ccc3cc(N)ccc32)cc1. The molecule has 2 aromatic carbocycles. The van der Waals surface area contributed by atoms with E-state index in [4.69, 9.17) is 5.73 Å². The van der Waals surface area contributed by atoms with Crippen LogP contribution < -0.4 is 5.73 Å². The van der Waals surface area contributed by atoms with Crippen molar-refractivity contribution in [3.05, 3.63) is 60.3 Å². The Labute approximate surface area is 140 Å². The summed E-state index contributed by atoms with van der Waals surface area (Å²) in [6.45, 7) is 5.53. The van der Waals surface area contributed by atoms with Crippen molar-refractivity contribution in [1.29, 1.82) is 0 Å². The van der Waals surface area contributed by atoms with E-state index in [1.54, 1.807) is 0 Å². The topological polar surface area (TPSA) is 30.9 Å². The monoisotopic (exact) mass is 326 g/mol. The average molecular weight is 327 g/mol. The number of rotatable bonds is 4. The van der Waals surface area contributed by atoms with Crippen LogP contribution in [0.5, 0.6) is 0 Å². The van der Waals surface area contributed by atoms with Crippen molar-refractivity contribution in [2.75, 3.05) is 18.2 Å². The summed E-state index contributed by atoms with van der Waals surface area (Å²) >= 11 is 0. The lowest BCUT2D eigenvalue weighted by Crippen LogP contribution is -2.09. The zero-order valence-electron chi connectivity index (χ0n) is 14.4. The molecule has 0 amide bonds. The second kappa shape index (κ2) is 5.97. The molecule has 0 aliphatic carbocycles. The maximum atomic E-state index is 5.86. The zero-order valence-corrected chi connectivity index (χ0v) is 15.2. The van der Waals surface area contributed by atoms with E-state index in [-0.39, 0.29) is 0 Å². The highest BCUT2D eigenvalue weighted by molar-refractivity contribution is 8.33. The lowest BCUT2D eigenvalue weighted by Gasteiger charge is -2.36. The summed E-state index contributed by atoms with van der Waals surface area (Å²) < 4.78 is 2.28. The van der Waals surface area contributed by atoms with Gasteiger partial charge in [0.15, 0.2) is 0 Å². The van der Waals surface area contributed by atoms with Crippen LogP contribution in [0.25, 0.3) is 10.9 Å². The van der Waals surface area contributed by atoms with Crippen molar-refractivity contribution in [3.63, 3.8) is 0 Å². The van der Waals surface area contributed by atoms with Crippen LogP contribution in [0.2, 0.25) is 0 Å². The Hall–Kier alpha value is -1.87. The maximum Gasteiger partial charge on any atom is 0.0484 e. The van der Waals surface area contributed by atoms with Crippen LogP contribution >= 0.6 is 10.0 Å². The molecule has 0 aliphatic rings. The number of hydrogen-bond donors (Lipinski definition) is 1. The molecule has 0 fully saturated rings. The highest BCUT2D eigenvalue weighted by Crippen LogP contribution is 2.53. The van der Waals surface area contributed by atoms with Gasteiger partial charge in [-0.25, -0.2) is 10.0 Å². The molecule has 0 unspecified atom stereocenters. The Kier molecular flexibility index (Phi) is 4.15. The second-order valence-corrected chi connectivity index (χ2v) is 11.1. The lowest BCUT2D eigenvalue weighted by molar-refractivity contribution is 0.835. The second-order valence-electron chi connectivity index (χ2n) is 6.86. The van der Waals surface area contributed by atoms with E-state index in [9.17, 15) is 0 Å². The van der Waals surface area contributed by atoms with Gasteiger partial charge in [0.1, 0.15) is 0 Å². The zero-order chi connectivity index (χ0) is 16.6. The minimum absolute atomic E-state index is 0.701. The van der Waals surface area contributed by atoms with Gasteiger partial charge in [-0.05, 0) is 64.6 Å². The molecule has 3 aromatic rings. The summed E-state index contributed by atoms with van der Waals surface area (Å²) in [4.78, 5) is 1.49. The third-order valence-electron chi connectivity index (χ3n) is 4.86. The van der Waals surface area contributed by atoms with Crippen LogP contribution in [0.3, 0.4) is 0 Å². The summed E-state index contributed by atoms with van der Waals surface area (Å²) in [6.07, 6.45) is 6.94. The fourth-order valence-electron chi connectivity index (χ4n) is 2.77. The molecule has 3 heteroatoms. The van der Waals surface area contributed by atoms with Crippen molar-refractivity contribution in [1.82, 2.24) is 4.57 Å². The largest absolute Gasteiger partial charge is 0.399 e. The number of fused-ring (bicyclic) bond motifs is 1. The van der Waals surface area contributed by atoms with Gasteiger partial charge >= 0.3 is 0 Å². The lowest BCUT2D eigenvalue weighted by atomic mass is 10.2. The molecule has 23 heavy (non-hydrogen) atoms. The third-order valence-corrected chi connectivity index (χ3v) is 8.70. The van der Waals surface area contributed by atoms with Crippen molar-refractivity contribution in [2.45, 2.75) is 30.5 Å². The number of benzene rings is 2. The quantitative estimate of drug-likeness (QED) is 0.664. The number of aromatic nitrogens is 1. The predicted molar refractivity (Wildman–Crippen MR) is 105 cm³/mol. The first-order chi connectivity index (χ1) is 10.9. The van der Waals surface area contributed by atoms with Crippen LogP contribution in [-0.4, -0.2) is 22.3 Å². The van der Waals surface area contributed by atoms with Crippen LogP contribution in [0, 0.1) is 0 Å². The molecule has 0 bridgehead atoms. The van der Waals surface area contributed by atoms with Crippen molar-refractivity contribution in [3.8, 4) is 0 Å². The fourth-order valence-corrected chi connectivity index (χ4v) is 4.15. The van der Waals surface area contributed by atoms with Crippen LogP contribution in [0.1, 0.15) is 19.4 Å². The molecule has 0 aliphatic heterocycles. The Balaban J connectivity index is 1.85. The van der Waals surface area contributed by atoms with Gasteiger partial charge in [-0.1, -0.05) is 26.0 Å². The molecular weight excluding hydrogens is 300 g/mol. The highest BCUT2D eigenvalue weighted by atomic mass is 32.3. The molecule has 0 atom stereocenters. The van der Waals surface area contributed by atoms with E-state index in [0.29, 0.717) is 5.25 Å². The van der Waals surface area contributed by atoms with E-state index in [2.05, 4.69) is 73.5 Å². The molecule has 0 spiro atoms. The Bertz CT molecular complexity index is 813. The maximum absolute atomic E-state index is 5.86. The Morgan fingerprint density at radius 1 is 1.00 bits per heavy atom. The van der Waals surface area contributed by atoms with Gasteiger partial charge < -0.3 is 10.3 Å². The van der Waals surface area contributed by atoms with Crippen LogP contribution in [-0.2, 0) is 6.54 Å². The number of nitrogens with zero attached hydrogens (tertiary/aromatic N) is 1. The molecule has 3 rings (SSSR count). The normalized spacial score (nSPS) is 12.9. The minimum Gasteiger partial charge on any atom is -0.399 e. The van der Waals surface area contributed by atoms with E-state index >= 15 is 0 Å². The number of nitrogens with two attached hydrogens (primary N) is 1. The van der Waals surface area contributed by atoms with Gasteiger partial charge in [-0.15, -0.1) is 0 Å². The van der Waals surface area contributed by atoms with Gasteiger partial charge in [0.25, 0.3) is 0 Å². The Morgan fingerprint density at radius 3 is 2.35 bits per heavy atom. The number of nitrogen functional groups attached to an aromatic ring is 1.